The van der Waals surface area contributed by atoms with Gasteiger partial charge < -0.3 is 9.64 Å². The normalized spacial score (nSPS) is 18.2. The summed E-state index contributed by atoms with van der Waals surface area (Å²) in [4.78, 5) is 24.7. The van der Waals surface area contributed by atoms with Crippen molar-refractivity contribution in [3.8, 4) is 0 Å². The van der Waals surface area contributed by atoms with E-state index in [4.69, 9.17) is 4.74 Å². The van der Waals surface area contributed by atoms with Crippen LogP contribution in [0.4, 0.5) is 0 Å². The van der Waals surface area contributed by atoms with Crippen molar-refractivity contribution >= 4 is 11.7 Å². The SMILES string of the molecule is CC(=O)COC1CCN(C(=O)C(C)(C)C)CC1. The Balaban J connectivity index is 2.36. The molecule has 0 radical (unpaired) electrons. The minimum Gasteiger partial charge on any atom is -0.370 e. The van der Waals surface area contributed by atoms with E-state index in [-0.39, 0.29) is 29.8 Å². The van der Waals surface area contributed by atoms with E-state index in [2.05, 4.69) is 0 Å². The van der Waals surface area contributed by atoms with Crippen LogP contribution in [0.3, 0.4) is 0 Å². The highest BCUT2D eigenvalue weighted by atomic mass is 16.5. The molecule has 1 heterocycles. The van der Waals surface area contributed by atoms with Crippen LogP contribution in [-0.2, 0) is 14.3 Å². The summed E-state index contributed by atoms with van der Waals surface area (Å²) < 4.78 is 5.47. The molecule has 0 spiro atoms. The fourth-order valence-electron chi connectivity index (χ4n) is 1.94. The van der Waals surface area contributed by atoms with Crippen molar-refractivity contribution in [2.24, 2.45) is 5.41 Å². The van der Waals surface area contributed by atoms with Gasteiger partial charge in [0, 0.05) is 18.5 Å². The van der Waals surface area contributed by atoms with Crippen molar-refractivity contribution in [1.82, 2.24) is 4.90 Å². The molecular formula is C13H23NO3. The highest BCUT2D eigenvalue weighted by Gasteiger charge is 2.30. The van der Waals surface area contributed by atoms with Gasteiger partial charge in [0.2, 0.25) is 5.91 Å². The van der Waals surface area contributed by atoms with Crippen molar-refractivity contribution in [2.75, 3.05) is 19.7 Å². The van der Waals surface area contributed by atoms with Gasteiger partial charge in [-0.05, 0) is 19.8 Å². The van der Waals surface area contributed by atoms with Crippen LogP contribution in [-0.4, -0.2) is 42.4 Å². The molecule has 98 valence electrons. The number of rotatable bonds is 3. The minimum absolute atomic E-state index is 0.0539. The molecule has 0 aromatic rings. The van der Waals surface area contributed by atoms with Crippen LogP contribution in [0.2, 0.25) is 0 Å². The van der Waals surface area contributed by atoms with Gasteiger partial charge in [-0.15, -0.1) is 0 Å². The Morgan fingerprint density at radius 1 is 1.24 bits per heavy atom. The molecule has 4 nitrogen and oxygen atoms in total. The smallest absolute Gasteiger partial charge is 0.227 e. The maximum atomic E-state index is 12.0. The molecule has 0 N–H and O–H groups in total. The molecule has 1 aliphatic rings. The van der Waals surface area contributed by atoms with Crippen molar-refractivity contribution in [3.63, 3.8) is 0 Å². The third-order valence-corrected chi connectivity index (χ3v) is 2.89. The number of ether oxygens (including phenoxy) is 1. The van der Waals surface area contributed by atoms with Gasteiger partial charge in [0.1, 0.15) is 6.61 Å². The van der Waals surface area contributed by atoms with Crippen LogP contribution < -0.4 is 0 Å². The lowest BCUT2D eigenvalue weighted by Gasteiger charge is -2.35. The first-order valence-corrected chi connectivity index (χ1v) is 6.21. The van der Waals surface area contributed by atoms with E-state index in [1.165, 1.54) is 6.92 Å². The topological polar surface area (TPSA) is 46.6 Å². The minimum atomic E-state index is -0.312. The second-order valence-electron chi connectivity index (χ2n) is 5.75. The van der Waals surface area contributed by atoms with Crippen molar-refractivity contribution in [3.05, 3.63) is 0 Å². The number of likely N-dealkylation sites (tertiary alicyclic amines) is 1. The highest BCUT2D eigenvalue weighted by molar-refractivity contribution is 5.81. The largest absolute Gasteiger partial charge is 0.370 e. The second kappa shape index (κ2) is 5.63. The average molecular weight is 241 g/mol. The molecule has 1 amide bonds. The molecule has 1 saturated heterocycles. The second-order valence-corrected chi connectivity index (χ2v) is 5.75. The van der Waals surface area contributed by atoms with Crippen LogP contribution in [0.25, 0.3) is 0 Å². The monoisotopic (exact) mass is 241 g/mol. The number of ketones is 1. The van der Waals surface area contributed by atoms with Crippen molar-refractivity contribution in [2.45, 2.75) is 46.6 Å². The van der Waals surface area contributed by atoms with E-state index in [9.17, 15) is 9.59 Å². The summed E-state index contributed by atoms with van der Waals surface area (Å²) >= 11 is 0. The summed E-state index contributed by atoms with van der Waals surface area (Å²) in [6, 6.07) is 0. The Labute approximate surface area is 103 Å². The molecule has 0 bridgehead atoms. The predicted octanol–water partition coefficient (Wildman–Crippen LogP) is 1.63. The molecule has 1 fully saturated rings. The Kier molecular flexibility index (Phi) is 4.69. The predicted molar refractivity (Wildman–Crippen MR) is 65.7 cm³/mol. The summed E-state index contributed by atoms with van der Waals surface area (Å²) in [5, 5.41) is 0. The van der Waals surface area contributed by atoms with Gasteiger partial charge in [-0.3, -0.25) is 9.59 Å². The fraction of sp³-hybridized carbons (Fsp3) is 0.846. The van der Waals surface area contributed by atoms with E-state index >= 15 is 0 Å². The van der Waals surface area contributed by atoms with Crippen molar-refractivity contribution < 1.29 is 14.3 Å². The lowest BCUT2D eigenvalue weighted by Crippen LogP contribution is -2.45. The van der Waals surface area contributed by atoms with Gasteiger partial charge in [-0.25, -0.2) is 0 Å². The molecular weight excluding hydrogens is 218 g/mol. The van der Waals surface area contributed by atoms with Gasteiger partial charge in [0.25, 0.3) is 0 Å². The van der Waals surface area contributed by atoms with Gasteiger partial charge in [-0.1, -0.05) is 20.8 Å². The van der Waals surface area contributed by atoms with Gasteiger partial charge in [0.05, 0.1) is 6.10 Å². The number of hydrogen-bond donors (Lipinski definition) is 0. The number of nitrogens with zero attached hydrogens (tertiary/aromatic N) is 1. The third kappa shape index (κ3) is 4.46. The van der Waals surface area contributed by atoms with Crippen LogP contribution >= 0.6 is 0 Å². The summed E-state index contributed by atoms with van der Waals surface area (Å²) in [6.45, 7) is 9.00. The number of amides is 1. The summed E-state index contributed by atoms with van der Waals surface area (Å²) in [6.07, 6.45) is 1.78. The molecule has 17 heavy (non-hydrogen) atoms. The molecule has 1 aliphatic heterocycles. The fourth-order valence-corrected chi connectivity index (χ4v) is 1.94. The zero-order valence-corrected chi connectivity index (χ0v) is 11.3. The zero-order chi connectivity index (χ0) is 13.1. The van der Waals surface area contributed by atoms with E-state index < -0.39 is 0 Å². The highest BCUT2D eigenvalue weighted by Crippen LogP contribution is 2.21. The van der Waals surface area contributed by atoms with Gasteiger partial charge in [0.15, 0.2) is 5.78 Å². The molecule has 0 saturated carbocycles. The molecule has 0 atom stereocenters. The lowest BCUT2D eigenvalue weighted by molar-refractivity contribution is -0.143. The van der Waals surface area contributed by atoms with E-state index in [1.807, 2.05) is 25.7 Å². The number of carbonyl (C=O) groups is 2. The zero-order valence-electron chi connectivity index (χ0n) is 11.3. The van der Waals surface area contributed by atoms with Gasteiger partial charge >= 0.3 is 0 Å². The molecule has 0 aliphatic carbocycles. The first-order chi connectivity index (χ1) is 7.80. The lowest BCUT2D eigenvalue weighted by atomic mass is 9.93. The number of piperidine rings is 1. The first kappa shape index (κ1) is 14.2. The first-order valence-electron chi connectivity index (χ1n) is 6.21. The molecule has 0 aromatic heterocycles. The Morgan fingerprint density at radius 2 is 1.76 bits per heavy atom. The molecule has 0 aromatic carbocycles. The van der Waals surface area contributed by atoms with Gasteiger partial charge in [-0.2, -0.15) is 0 Å². The maximum Gasteiger partial charge on any atom is 0.227 e. The summed E-state index contributed by atoms with van der Waals surface area (Å²) in [5.41, 5.74) is -0.312. The van der Waals surface area contributed by atoms with E-state index in [0.29, 0.717) is 0 Å². The maximum absolute atomic E-state index is 12.0. The van der Waals surface area contributed by atoms with Crippen LogP contribution in [0.5, 0.6) is 0 Å². The Morgan fingerprint density at radius 3 is 2.18 bits per heavy atom. The van der Waals surface area contributed by atoms with Crippen molar-refractivity contribution in [1.29, 1.82) is 0 Å². The van der Waals surface area contributed by atoms with E-state index in [1.54, 1.807) is 0 Å². The number of carbonyl (C=O) groups excluding carboxylic acids is 2. The molecule has 0 unspecified atom stereocenters. The number of Topliss-reactive ketones (excluding diaryl/α,β-unsaturated/α-hetero) is 1. The summed E-state index contributed by atoms with van der Waals surface area (Å²) in [7, 11) is 0. The molecule has 1 rings (SSSR count). The van der Waals surface area contributed by atoms with Crippen LogP contribution in [0.15, 0.2) is 0 Å². The van der Waals surface area contributed by atoms with Crippen LogP contribution in [0, 0.1) is 5.41 Å². The third-order valence-electron chi connectivity index (χ3n) is 2.89. The quantitative estimate of drug-likeness (QED) is 0.754. The summed E-state index contributed by atoms with van der Waals surface area (Å²) in [5.74, 6) is 0.251. The molecule has 4 heteroatoms. The standard InChI is InChI=1S/C13H23NO3/c1-10(15)9-17-11-5-7-14(8-6-11)12(16)13(2,3)4/h11H,5-9H2,1-4H3. The number of hydrogen-bond acceptors (Lipinski definition) is 3. The van der Waals surface area contributed by atoms with Crippen LogP contribution in [0.1, 0.15) is 40.5 Å². The Bertz CT molecular complexity index is 286. The Hall–Kier alpha value is -0.900. The average Bonchev–Trinajstić information content (AvgIpc) is 2.25. The van der Waals surface area contributed by atoms with E-state index in [0.717, 1.165) is 25.9 Å².